The smallest absolute Gasteiger partial charge is 0.0670 e. The van der Waals surface area contributed by atoms with Gasteiger partial charge in [0.05, 0.1) is 5.60 Å². The van der Waals surface area contributed by atoms with Gasteiger partial charge in [0, 0.05) is 6.61 Å². The highest BCUT2D eigenvalue weighted by molar-refractivity contribution is 4.83. The van der Waals surface area contributed by atoms with Crippen molar-refractivity contribution in [2.75, 3.05) is 6.61 Å². The third kappa shape index (κ3) is 3.65. The van der Waals surface area contributed by atoms with Crippen molar-refractivity contribution in [3.8, 4) is 0 Å². The third-order valence-electron chi connectivity index (χ3n) is 3.19. The normalized spacial score (nSPS) is 14.5. The Morgan fingerprint density at radius 3 is 2.00 bits per heavy atom. The monoisotopic (exact) mass is 188 g/mol. The molecule has 0 aliphatic carbocycles. The number of aliphatic hydroxyl groups excluding tert-OH is 1. The fourth-order valence-corrected chi connectivity index (χ4v) is 2.02. The first-order chi connectivity index (χ1) is 6.14. The summed E-state index contributed by atoms with van der Waals surface area (Å²) >= 11 is 0. The molecule has 0 aromatic heterocycles. The largest absolute Gasteiger partial charge is 0.396 e. The minimum atomic E-state index is -0.510. The summed E-state index contributed by atoms with van der Waals surface area (Å²) in [5.41, 5.74) is -0.510. The zero-order valence-corrected chi connectivity index (χ0v) is 9.21. The van der Waals surface area contributed by atoms with Crippen LogP contribution in [-0.2, 0) is 0 Å². The molecule has 1 unspecified atom stereocenters. The standard InChI is InChI=1S/C11H24O2/c1-4-10(8-7-9-12)11(13,5-2)6-3/h10,12-13H,4-9H2,1-3H3. The number of hydrogen-bond donors (Lipinski definition) is 2. The van der Waals surface area contributed by atoms with Crippen LogP contribution in [0.3, 0.4) is 0 Å². The van der Waals surface area contributed by atoms with Crippen LogP contribution >= 0.6 is 0 Å². The summed E-state index contributed by atoms with van der Waals surface area (Å²) in [5.74, 6) is 0.342. The van der Waals surface area contributed by atoms with Gasteiger partial charge in [-0.25, -0.2) is 0 Å². The minimum Gasteiger partial charge on any atom is -0.396 e. The Morgan fingerprint density at radius 2 is 1.69 bits per heavy atom. The summed E-state index contributed by atoms with van der Waals surface area (Å²) in [5, 5.41) is 19.0. The van der Waals surface area contributed by atoms with E-state index in [1.807, 2.05) is 13.8 Å². The summed E-state index contributed by atoms with van der Waals surface area (Å²) in [6, 6.07) is 0. The van der Waals surface area contributed by atoms with E-state index in [0.29, 0.717) is 5.92 Å². The molecule has 0 spiro atoms. The van der Waals surface area contributed by atoms with Gasteiger partial charge >= 0.3 is 0 Å². The zero-order valence-electron chi connectivity index (χ0n) is 9.21. The molecule has 0 saturated carbocycles. The van der Waals surface area contributed by atoms with Crippen LogP contribution < -0.4 is 0 Å². The van der Waals surface area contributed by atoms with Crippen LogP contribution in [0.15, 0.2) is 0 Å². The lowest BCUT2D eigenvalue weighted by Crippen LogP contribution is -2.36. The predicted octanol–water partition coefficient (Wildman–Crippen LogP) is 2.34. The molecule has 0 aliphatic rings. The number of hydrogen-bond acceptors (Lipinski definition) is 2. The molecule has 80 valence electrons. The second kappa shape index (κ2) is 6.39. The second-order valence-corrected chi connectivity index (χ2v) is 3.78. The highest BCUT2D eigenvalue weighted by Crippen LogP contribution is 2.31. The summed E-state index contributed by atoms with van der Waals surface area (Å²) < 4.78 is 0. The Kier molecular flexibility index (Phi) is 6.35. The molecule has 0 aromatic carbocycles. The molecule has 0 aromatic rings. The highest BCUT2D eigenvalue weighted by Gasteiger charge is 2.31. The Balaban J connectivity index is 4.16. The predicted molar refractivity (Wildman–Crippen MR) is 55.6 cm³/mol. The van der Waals surface area contributed by atoms with Gasteiger partial charge in [-0.05, 0) is 31.6 Å². The maximum Gasteiger partial charge on any atom is 0.0670 e. The fraction of sp³-hybridized carbons (Fsp3) is 1.00. The molecule has 0 bridgehead atoms. The van der Waals surface area contributed by atoms with Crippen molar-refractivity contribution < 1.29 is 10.2 Å². The summed E-state index contributed by atoms with van der Waals surface area (Å²) in [4.78, 5) is 0. The molecule has 0 amide bonds. The van der Waals surface area contributed by atoms with E-state index in [-0.39, 0.29) is 6.61 Å². The van der Waals surface area contributed by atoms with Crippen LogP contribution in [-0.4, -0.2) is 22.4 Å². The van der Waals surface area contributed by atoms with Gasteiger partial charge in [-0.3, -0.25) is 0 Å². The molecule has 0 fully saturated rings. The van der Waals surface area contributed by atoms with E-state index in [1.165, 1.54) is 0 Å². The summed E-state index contributed by atoms with van der Waals surface area (Å²) in [7, 11) is 0. The second-order valence-electron chi connectivity index (χ2n) is 3.78. The van der Waals surface area contributed by atoms with Gasteiger partial charge in [-0.1, -0.05) is 27.2 Å². The molecule has 1 atom stereocenters. The molecular formula is C11H24O2. The first-order valence-corrected chi connectivity index (χ1v) is 5.47. The van der Waals surface area contributed by atoms with Gasteiger partial charge in [0.15, 0.2) is 0 Å². The third-order valence-corrected chi connectivity index (χ3v) is 3.19. The topological polar surface area (TPSA) is 40.5 Å². The van der Waals surface area contributed by atoms with Crippen molar-refractivity contribution in [3.63, 3.8) is 0 Å². The Labute approximate surface area is 82.0 Å². The van der Waals surface area contributed by atoms with E-state index in [4.69, 9.17) is 5.11 Å². The molecule has 0 rings (SSSR count). The van der Waals surface area contributed by atoms with Crippen molar-refractivity contribution in [1.82, 2.24) is 0 Å². The van der Waals surface area contributed by atoms with E-state index in [2.05, 4.69) is 6.92 Å². The molecule has 0 heterocycles. The van der Waals surface area contributed by atoms with Crippen molar-refractivity contribution in [2.45, 2.75) is 58.5 Å². The summed E-state index contributed by atoms with van der Waals surface area (Å²) in [6.07, 6.45) is 4.37. The van der Waals surface area contributed by atoms with Crippen LogP contribution in [0.5, 0.6) is 0 Å². The Morgan fingerprint density at radius 1 is 1.15 bits per heavy atom. The average Bonchev–Trinajstić information content (AvgIpc) is 2.18. The summed E-state index contributed by atoms with van der Waals surface area (Å²) in [6.45, 7) is 6.41. The fourth-order valence-electron chi connectivity index (χ4n) is 2.02. The van der Waals surface area contributed by atoms with Gasteiger partial charge in [-0.2, -0.15) is 0 Å². The molecule has 2 N–H and O–H groups in total. The van der Waals surface area contributed by atoms with Gasteiger partial charge in [0.25, 0.3) is 0 Å². The quantitative estimate of drug-likeness (QED) is 0.644. The SMILES string of the molecule is CCC(CCCO)C(O)(CC)CC. The van der Waals surface area contributed by atoms with Gasteiger partial charge in [-0.15, -0.1) is 0 Å². The van der Waals surface area contributed by atoms with E-state index < -0.39 is 5.60 Å². The van der Waals surface area contributed by atoms with Crippen LogP contribution in [0.4, 0.5) is 0 Å². The Hall–Kier alpha value is -0.0800. The lowest BCUT2D eigenvalue weighted by molar-refractivity contribution is -0.0324. The van der Waals surface area contributed by atoms with E-state index in [9.17, 15) is 5.11 Å². The van der Waals surface area contributed by atoms with Crippen LogP contribution in [0.1, 0.15) is 52.9 Å². The first kappa shape index (κ1) is 12.9. The van der Waals surface area contributed by atoms with Gasteiger partial charge in [0.2, 0.25) is 0 Å². The van der Waals surface area contributed by atoms with Crippen molar-refractivity contribution in [2.24, 2.45) is 5.92 Å². The lowest BCUT2D eigenvalue weighted by atomic mass is 9.78. The maximum absolute atomic E-state index is 10.2. The first-order valence-electron chi connectivity index (χ1n) is 5.47. The molecular weight excluding hydrogens is 164 g/mol. The molecule has 2 heteroatoms. The van der Waals surface area contributed by atoms with Crippen LogP contribution in [0, 0.1) is 5.92 Å². The van der Waals surface area contributed by atoms with Crippen LogP contribution in [0.25, 0.3) is 0 Å². The van der Waals surface area contributed by atoms with Crippen LogP contribution in [0.2, 0.25) is 0 Å². The molecule has 0 saturated heterocycles. The number of rotatable bonds is 7. The highest BCUT2D eigenvalue weighted by atomic mass is 16.3. The Bertz CT molecular complexity index is 119. The molecule has 0 radical (unpaired) electrons. The van der Waals surface area contributed by atoms with Gasteiger partial charge < -0.3 is 10.2 Å². The van der Waals surface area contributed by atoms with E-state index >= 15 is 0 Å². The maximum atomic E-state index is 10.2. The van der Waals surface area contributed by atoms with E-state index in [1.54, 1.807) is 0 Å². The number of aliphatic hydroxyl groups is 2. The molecule has 13 heavy (non-hydrogen) atoms. The lowest BCUT2D eigenvalue weighted by Gasteiger charge is -2.34. The molecule has 2 nitrogen and oxygen atoms in total. The van der Waals surface area contributed by atoms with E-state index in [0.717, 1.165) is 32.1 Å². The van der Waals surface area contributed by atoms with Crippen molar-refractivity contribution in [1.29, 1.82) is 0 Å². The molecule has 0 aliphatic heterocycles. The van der Waals surface area contributed by atoms with Gasteiger partial charge in [0.1, 0.15) is 0 Å². The average molecular weight is 188 g/mol. The minimum absolute atomic E-state index is 0.236. The van der Waals surface area contributed by atoms with Crippen molar-refractivity contribution in [3.05, 3.63) is 0 Å². The van der Waals surface area contributed by atoms with Crippen molar-refractivity contribution >= 4 is 0 Å². The zero-order chi connectivity index (χ0) is 10.3.